The maximum atomic E-state index is 12.1. The molecule has 2 aromatic rings. The van der Waals surface area contributed by atoms with Gasteiger partial charge in [0, 0.05) is 6.04 Å². The van der Waals surface area contributed by atoms with Gasteiger partial charge in [0.2, 0.25) is 5.95 Å². The molecule has 102 valence electrons. The minimum absolute atomic E-state index is 0.0922. The van der Waals surface area contributed by atoms with E-state index in [2.05, 4.69) is 20.4 Å². The number of rotatable bonds is 2. The Morgan fingerprint density at radius 2 is 1.95 bits per heavy atom. The highest BCUT2D eigenvalue weighted by Crippen LogP contribution is 2.28. The van der Waals surface area contributed by atoms with Crippen LogP contribution in [0.5, 0.6) is 0 Å². The Balaban J connectivity index is 2.24. The zero-order valence-corrected chi connectivity index (χ0v) is 10.4. The summed E-state index contributed by atoms with van der Waals surface area (Å²) in [6, 6.07) is 0.0922. The van der Waals surface area contributed by atoms with Crippen LogP contribution >= 0.6 is 0 Å². The van der Waals surface area contributed by atoms with Gasteiger partial charge < -0.3 is 4.98 Å². The molecule has 8 heteroatoms. The van der Waals surface area contributed by atoms with E-state index in [9.17, 15) is 9.59 Å². The summed E-state index contributed by atoms with van der Waals surface area (Å²) in [4.78, 5) is 33.1. The fourth-order valence-corrected chi connectivity index (χ4v) is 2.76. The van der Waals surface area contributed by atoms with Gasteiger partial charge in [-0.2, -0.15) is 4.98 Å². The Kier molecular flexibility index (Phi) is 2.86. The molecule has 2 aromatic heterocycles. The lowest BCUT2D eigenvalue weighted by Crippen LogP contribution is -2.33. The molecule has 0 aromatic carbocycles. The molecule has 2 heterocycles. The van der Waals surface area contributed by atoms with Crippen LogP contribution in [0.3, 0.4) is 0 Å². The first-order chi connectivity index (χ1) is 9.20. The number of fused-ring (bicyclic) bond motifs is 1. The van der Waals surface area contributed by atoms with Crippen molar-refractivity contribution in [3.8, 4) is 0 Å². The predicted molar refractivity (Wildman–Crippen MR) is 70.9 cm³/mol. The largest absolute Gasteiger partial charge is 0.330 e. The van der Waals surface area contributed by atoms with Crippen molar-refractivity contribution in [1.82, 2.24) is 19.5 Å². The van der Waals surface area contributed by atoms with Crippen molar-refractivity contribution in [1.29, 1.82) is 0 Å². The molecule has 8 nitrogen and oxygen atoms in total. The third-order valence-corrected chi connectivity index (χ3v) is 3.66. The van der Waals surface area contributed by atoms with E-state index in [-0.39, 0.29) is 17.5 Å². The summed E-state index contributed by atoms with van der Waals surface area (Å²) in [6.07, 6.45) is 5.22. The van der Waals surface area contributed by atoms with E-state index in [0.29, 0.717) is 5.65 Å². The SMILES string of the molecule is NNc1nc2c([nH]1)c(=O)[nH]c(=O)n2C1CCCCC1. The molecular formula is C11H16N6O2. The molecule has 5 N–H and O–H groups in total. The van der Waals surface area contributed by atoms with Gasteiger partial charge in [0.1, 0.15) is 0 Å². The van der Waals surface area contributed by atoms with E-state index in [1.54, 1.807) is 4.57 Å². The van der Waals surface area contributed by atoms with E-state index >= 15 is 0 Å². The first-order valence-electron chi connectivity index (χ1n) is 6.42. The van der Waals surface area contributed by atoms with E-state index < -0.39 is 11.2 Å². The number of nitrogens with two attached hydrogens (primary N) is 1. The average Bonchev–Trinajstić information content (AvgIpc) is 2.84. The fraction of sp³-hybridized carbons (Fsp3) is 0.545. The Morgan fingerprint density at radius 1 is 1.21 bits per heavy atom. The number of anilines is 1. The van der Waals surface area contributed by atoms with E-state index in [0.717, 1.165) is 25.7 Å². The lowest BCUT2D eigenvalue weighted by molar-refractivity contribution is 0.349. The molecule has 0 bridgehead atoms. The number of aromatic nitrogens is 4. The molecule has 1 aliphatic carbocycles. The molecule has 1 saturated carbocycles. The summed E-state index contributed by atoms with van der Waals surface area (Å²) in [5.41, 5.74) is 2.13. The number of nitrogens with one attached hydrogen (secondary N) is 3. The standard InChI is InChI=1S/C11H16N6O2/c12-16-10-13-7-8(14-10)17(11(19)15-9(7)18)6-4-2-1-3-5-6/h6H,1-5,12H2,(H2,13,14,16)(H,15,18,19). The maximum Gasteiger partial charge on any atom is 0.330 e. The molecule has 0 amide bonds. The third kappa shape index (κ3) is 1.93. The lowest BCUT2D eigenvalue weighted by atomic mass is 9.95. The van der Waals surface area contributed by atoms with Gasteiger partial charge in [-0.3, -0.25) is 19.8 Å². The average molecular weight is 264 g/mol. The number of aromatic amines is 2. The van der Waals surface area contributed by atoms with Crippen LogP contribution in [0.4, 0.5) is 5.95 Å². The van der Waals surface area contributed by atoms with Crippen LogP contribution in [-0.2, 0) is 0 Å². The molecule has 0 radical (unpaired) electrons. The molecular weight excluding hydrogens is 248 g/mol. The quantitative estimate of drug-likeness (QED) is 0.456. The number of nitrogens with zero attached hydrogens (tertiary/aromatic N) is 2. The molecule has 1 aliphatic rings. The van der Waals surface area contributed by atoms with Gasteiger partial charge in [0.25, 0.3) is 5.56 Å². The Labute approximate surface area is 108 Å². The van der Waals surface area contributed by atoms with Crippen molar-refractivity contribution in [2.24, 2.45) is 5.84 Å². The number of hydrogen-bond donors (Lipinski definition) is 4. The van der Waals surface area contributed by atoms with Gasteiger partial charge in [-0.1, -0.05) is 19.3 Å². The summed E-state index contributed by atoms with van der Waals surface area (Å²) in [6.45, 7) is 0. The second kappa shape index (κ2) is 4.54. The Bertz CT molecular complexity index is 706. The number of H-pyrrole nitrogens is 2. The van der Waals surface area contributed by atoms with Crippen LogP contribution < -0.4 is 22.5 Å². The number of imidazole rings is 1. The lowest BCUT2D eigenvalue weighted by Gasteiger charge is -2.23. The third-order valence-electron chi connectivity index (χ3n) is 3.66. The van der Waals surface area contributed by atoms with Gasteiger partial charge in [-0.25, -0.2) is 10.6 Å². The van der Waals surface area contributed by atoms with Crippen molar-refractivity contribution < 1.29 is 0 Å². The van der Waals surface area contributed by atoms with Crippen LogP contribution in [-0.4, -0.2) is 19.5 Å². The van der Waals surface area contributed by atoms with Crippen LogP contribution in [0.25, 0.3) is 11.2 Å². The molecule has 0 atom stereocenters. The Morgan fingerprint density at radius 3 is 2.63 bits per heavy atom. The molecule has 1 fully saturated rings. The summed E-state index contributed by atoms with van der Waals surface area (Å²) >= 11 is 0. The molecule has 3 rings (SSSR count). The molecule has 0 saturated heterocycles. The van der Waals surface area contributed by atoms with Crippen molar-refractivity contribution in [2.75, 3.05) is 5.43 Å². The second-order valence-electron chi connectivity index (χ2n) is 4.85. The topological polar surface area (TPSA) is 122 Å². The van der Waals surface area contributed by atoms with Gasteiger partial charge in [0.15, 0.2) is 11.2 Å². The van der Waals surface area contributed by atoms with Gasteiger partial charge >= 0.3 is 5.69 Å². The molecule has 19 heavy (non-hydrogen) atoms. The highest BCUT2D eigenvalue weighted by atomic mass is 16.2. The fourth-order valence-electron chi connectivity index (χ4n) is 2.76. The minimum atomic E-state index is -0.471. The van der Waals surface area contributed by atoms with Crippen LogP contribution in [0.2, 0.25) is 0 Å². The Hall–Kier alpha value is -2.09. The predicted octanol–water partition coefficient (Wildman–Crippen LogP) is 0.204. The second-order valence-corrected chi connectivity index (χ2v) is 4.85. The monoisotopic (exact) mass is 264 g/mol. The van der Waals surface area contributed by atoms with E-state index in [4.69, 9.17) is 5.84 Å². The van der Waals surface area contributed by atoms with E-state index in [1.807, 2.05) is 0 Å². The molecule has 0 spiro atoms. The van der Waals surface area contributed by atoms with Crippen molar-refractivity contribution in [3.63, 3.8) is 0 Å². The van der Waals surface area contributed by atoms with Crippen molar-refractivity contribution >= 4 is 17.1 Å². The summed E-state index contributed by atoms with van der Waals surface area (Å²) in [7, 11) is 0. The van der Waals surface area contributed by atoms with E-state index in [1.165, 1.54) is 6.42 Å². The first kappa shape index (κ1) is 12.0. The van der Waals surface area contributed by atoms with Crippen LogP contribution in [0.15, 0.2) is 9.59 Å². The zero-order valence-electron chi connectivity index (χ0n) is 10.4. The number of hydrazine groups is 1. The van der Waals surface area contributed by atoms with Gasteiger partial charge in [0.05, 0.1) is 0 Å². The smallest absolute Gasteiger partial charge is 0.317 e. The van der Waals surface area contributed by atoms with Crippen molar-refractivity contribution in [3.05, 3.63) is 20.8 Å². The first-order valence-corrected chi connectivity index (χ1v) is 6.42. The zero-order chi connectivity index (χ0) is 13.4. The highest BCUT2D eigenvalue weighted by molar-refractivity contribution is 5.72. The molecule has 0 unspecified atom stereocenters. The van der Waals surface area contributed by atoms with Crippen LogP contribution in [0, 0.1) is 0 Å². The van der Waals surface area contributed by atoms with Crippen molar-refractivity contribution in [2.45, 2.75) is 38.1 Å². The minimum Gasteiger partial charge on any atom is -0.317 e. The van der Waals surface area contributed by atoms with Gasteiger partial charge in [-0.15, -0.1) is 0 Å². The highest BCUT2D eigenvalue weighted by Gasteiger charge is 2.21. The molecule has 0 aliphatic heterocycles. The number of hydrogen-bond acceptors (Lipinski definition) is 5. The number of nitrogen functional groups attached to an aromatic ring is 1. The summed E-state index contributed by atoms with van der Waals surface area (Å²) in [5.74, 6) is 5.56. The summed E-state index contributed by atoms with van der Waals surface area (Å²) < 4.78 is 1.58. The normalized spacial score (nSPS) is 16.9. The maximum absolute atomic E-state index is 12.1. The van der Waals surface area contributed by atoms with Crippen LogP contribution in [0.1, 0.15) is 38.1 Å². The summed E-state index contributed by atoms with van der Waals surface area (Å²) in [5, 5.41) is 0. The van der Waals surface area contributed by atoms with Gasteiger partial charge in [-0.05, 0) is 12.8 Å².